The molecule has 0 aromatic carbocycles. The van der Waals surface area contributed by atoms with Crippen molar-refractivity contribution >= 4 is 17.9 Å². The third-order valence-electron chi connectivity index (χ3n) is 5.44. The fraction of sp³-hybridized carbons (Fsp3) is 0.824. The maximum absolute atomic E-state index is 12.6. The largest absolute Gasteiger partial charge is 0.464 e. The molecule has 23 heavy (non-hydrogen) atoms. The van der Waals surface area contributed by atoms with Gasteiger partial charge in [-0.15, -0.1) is 0 Å². The number of hydrogen-bond acceptors (Lipinski definition) is 4. The molecule has 128 valence electrons. The van der Waals surface area contributed by atoms with Gasteiger partial charge in [-0.05, 0) is 31.6 Å². The maximum atomic E-state index is 12.6. The number of urea groups is 1. The summed E-state index contributed by atoms with van der Waals surface area (Å²) in [5, 5.41) is 2.81. The summed E-state index contributed by atoms with van der Waals surface area (Å²) in [7, 11) is 0. The number of hydrogen-bond donors (Lipinski definition) is 1. The second kappa shape index (κ2) is 6.89. The zero-order valence-corrected chi connectivity index (χ0v) is 13.6. The van der Waals surface area contributed by atoms with Crippen molar-refractivity contribution in [1.82, 2.24) is 10.2 Å². The standard InChI is InChI=1S/C17H26N2O4/c20-14(23-12-13-7-3-1-4-8-13)11-19-15(21)17(18-16(19)22)9-5-2-6-10-17/h13H,1-12H2,(H,18,22). The van der Waals surface area contributed by atoms with E-state index in [1.165, 1.54) is 19.3 Å². The number of esters is 1. The highest BCUT2D eigenvalue weighted by molar-refractivity contribution is 6.08. The molecule has 1 spiro atoms. The summed E-state index contributed by atoms with van der Waals surface area (Å²) < 4.78 is 5.30. The zero-order valence-electron chi connectivity index (χ0n) is 13.6. The van der Waals surface area contributed by atoms with E-state index in [9.17, 15) is 14.4 Å². The molecule has 1 N–H and O–H groups in total. The quantitative estimate of drug-likeness (QED) is 0.637. The van der Waals surface area contributed by atoms with Crippen LogP contribution in [0.2, 0.25) is 0 Å². The van der Waals surface area contributed by atoms with Gasteiger partial charge in [-0.2, -0.15) is 0 Å². The lowest BCUT2D eigenvalue weighted by Crippen LogP contribution is -2.48. The molecule has 1 aliphatic heterocycles. The Kier molecular flexibility index (Phi) is 4.87. The minimum Gasteiger partial charge on any atom is -0.464 e. The Hall–Kier alpha value is -1.59. The van der Waals surface area contributed by atoms with E-state index in [2.05, 4.69) is 5.32 Å². The molecule has 6 heteroatoms. The lowest BCUT2D eigenvalue weighted by molar-refractivity contribution is -0.149. The van der Waals surface area contributed by atoms with Gasteiger partial charge < -0.3 is 10.1 Å². The van der Waals surface area contributed by atoms with Gasteiger partial charge in [0.05, 0.1) is 6.61 Å². The van der Waals surface area contributed by atoms with Crippen LogP contribution in [0.15, 0.2) is 0 Å². The van der Waals surface area contributed by atoms with Gasteiger partial charge in [-0.3, -0.25) is 14.5 Å². The highest BCUT2D eigenvalue weighted by Gasteiger charge is 2.51. The predicted molar refractivity (Wildman–Crippen MR) is 83.6 cm³/mol. The van der Waals surface area contributed by atoms with Crippen LogP contribution in [0, 0.1) is 5.92 Å². The molecule has 3 rings (SSSR count). The van der Waals surface area contributed by atoms with Gasteiger partial charge in [0, 0.05) is 0 Å². The van der Waals surface area contributed by atoms with Crippen LogP contribution in [0.5, 0.6) is 0 Å². The van der Waals surface area contributed by atoms with Gasteiger partial charge in [0.15, 0.2) is 0 Å². The summed E-state index contributed by atoms with van der Waals surface area (Å²) in [6, 6.07) is -0.452. The Bertz CT molecular complexity index is 479. The minimum atomic E-state index is -0.765. The maximum Gasteiger partial charge on any atom is 0.326 e. The van der Waals surface area contributed by atoms with E-state index in [-0.39, 0.29) is 12.5 Å². The first kappa shape index (κ1) is 16.3. The van der Waals surface area contributed by atoms with Crippen molar-refractivity contribution in [3.63, 3.8) is 0 Å². The van der Waals surface area contributed by atoms with E-state index in [1.807, 2.05) is 0 Å². The highest BCUT2D eigenvalue weighted by atomic mass is 16.5. The molecule has 3 amide bonds. The molecule has 3 aliphatic rings. The van der Waals surface area contributed by atoms with Crippen LogP contribution in [-0.2, 0) is 14.3 Å². The van der Waals surface area contributed by atoms with Gasteiger partial charge >= 0.3 is 12.0 Å². The van der Waals surface area contributed by atoms with Crippen molar-refractivity contribution in [3.05, 3.63) is 0 Å². The summed E-state index contributed by atoms with van der Waals surface area (Å²) in [5.41, 5.74) is -0.765. The second-order valence-corrected chi connectivity index (χ2v) is 7.15. The Morgan fingerprint density at radius 1 is 1.09 bits per heavy atom. The van der Waals surface area contributed by atoms with Crippen molar-refractivity contribution in [2.45, 2.75) is 69.7 Å². The number of rotatable bonds is 4. The molecule has 0 atom stereocenters. The number of nitrogens with zero attached hydrogens (tertiary/aromatic N) is 1. The summed E-state index contributed by atoms with van der Waals surface area (Å²) in [6.07, 6.45) is 10.1. The van der Waals surface area contributed by atoms with Crippen molar-refractivity contribution in [2.75, 3.05) is 13.2 Å². The molecular weight excluding hydrogens is 296 g/mol. The molecule has 2 saturated carbocycles. The van der Waals surface area contributed by atoms with Gasteiger partial charge in [-0.1, -0.05) is 38.5 Å². The fourth-order valence-corrected chi connectivity index (χ4v) is 4.05. The third kappa shape index (κ3) is 3.51. The van der Waals surface area contributed by atoms with Gasteiger partial charge in [0.25, 0.3) is 5.91 Å². The molecule has 6 nitrogen and oxygen atoms in total. The minimum absolute atomic E-state index is 0.253. The van der Waals surface area contributed by atoms with Crippen LogP contribution < -0.4 is 5.32 Å². The first-order valence-corrected chi connectivity index (χ1v) is 8.90. The number of ether oxygens (including phenoxy) is 1. The molecule has 0 bridgehead atoms. The van der Waals surface area contributed by atoms with Crippen molar-refractivity contribution < 1.29 is 19.1 Å². The van der Waals surface area contributed by atoms with Crippen LogP contribution in [0.1, 0.15) is 64.2 Å². The normalized spacial score (nSPS) is 24.8. The highest BCUT2D eigenvalue weighted by Crippen LogP contribution is 2.33. The summed E-state index contributed by atoms with van der Waals surface area (Å²) in [5.74, 6) is -0.302. The molecule has 3 fully saturated rings. The summed E-state index contributed by atoms with van der Waals surface area (Å²) in [6.45, 7) is 0.146. The van der Waals surface area contributed by atoms with E-state index in [4.69, 9.17) is 4.74 Å². The van der Waals surface area contributed by atoms with Crippen molar-refractivity contribution in [1.29, 1.82) is 0 Å². The van der Waals surface area contributed by atoms with Crippen LogP contribution in [0.4, 0.5) is 4.79 Å². The molecule has 0 aromatic heterocycles. The topological polar surface area (TPSA) is 75.7 Å². The molecular formula is C17H26N2O4. The molecule has 2 aliphatic carbocycles. The number of imide groups is 1. The SMILES string of the molecule is O=C(CN1C(=O)NC2(CCCCC2)C1=O)OCC1CCCCC1. The first-order valence-electron chi connectivity index (χ1n) is 8.90. The lowest BCUT2D eigenvalue weighted by Gasteiger charge is -2.30. The Morgan fingerprint density at radius 2 is 1.74 bits per heavy atom. The van der Waals surface area contributed by atoms with Crippen LogP contribution in [0.25, 0.3) is 0 Å². The molecule has 0 radical (unpaired) electrons. The molecule has 0 unspecified atom stereocenters. The monoisotopic (exact) mass is 322 g/mol. The van der Waals surface area contributed by atoms with E-state index in [0.29, 0.717) is 25.4 Å². The number of amides is 3. The van der Waals surface area contributed by atoms with Gasteiger partial charge in [0.1, 0.15) is 12.1 Å². The van der Waals surface area contributed by atoms with E-state index < -0.39 is 17.5 Å². The number of nitrogens with one attached hydrogen (secondary N) is 1. The summed E-state index contributed by atoms with van der Waals surface area (Å²) in [4.78, 5) is 37.7. The lowest BCUT2D eigenvalue weighted by atomic mass is 9.82. The van der Waals surface area contributed by atoms with E-state index in [0.717, 1.165) is 37.0 Å². The van der Waals surface area contributed by atoms with Gasteiger partial charge in [0.2, 0.25) is 0 Å². The number of carbonyl (C=O) groups is 3. The molecule has 1 heterocycles. The van der Waals surface area contributed by atoms with Crippen LogP contribution in [-0.4, -0.2) is 41.5 Å². The molecule has 1 saturated heterocycles. The zero-order chi connectivity index (χ0) is 16.3. The van der Waals surface area contributed by atoms with Gasteiger partial charge in [-0.25, -0.2) is 4.79 Å². The molecule has 0 aromatic rings. The van der Waals surface area contributed by atoms with Crippen LogP contribution in [0.3, 0.4) is 0 Å². The van der Waals surface area contributed by atoms with Crippen LogP contribution >= 0.6 is 0 Å². The van der Waals surface area contributed by atoms with Crippen molar-refractivity contribution in [3.8, 4) is 0 Å². The first-order chi connectivity index (χ1) is 11.1. The average Bonchev–Trinajstić information content (AvgIpc) is 2.79. The van der Waals surface area contributed by atoms with Crippen molar-refractivity contribution in [2.24, 2.45) is 5.92 Å². The Morgan fingerprint density at radius 3 is 2.43 bits per heavy atom. The third-order valence-corrected chi connectivity index (χ3v) is 5.44. The smallest absolute Gasteiger partial charge is 0.326 e. The Labute approximate surface area is 136 Å². The predicted octanol–water partition coefficient (Wildman–Crippen LogP) is 2.36. The number of carbonyl (C=O) groups excluding carboxylic acids is 3. The second-order valence-electron chi connectivity index (χ2n) is 7.15. The average molecular weight is 322 g/mol. The van der Waals surface area contributed by atoms with E-state index >= 15 is 0 Å². The fourth-order valence-electron chi connectivity index (χ4n) is 4.05. The summed E-state index contributed by atoms with van der Waals surface area (Å²) >= 11 is 0. The Balaban J connectivity index is 1.51. The van der Waals surface area contributed by atoms with E-state index in [1.54, 1.807) is 0 Å².